The second kappa shape index (κ2) is 5.08. The van der Waals surface area contributed by atoms with Gasteiger partial charge >= 0.3 is 5.97 Å². The van der Waals surface area contributed by atoms with Crippen LogP contribution in [0.15, 0.2) is 22.7 Å². The van der Waals surface area contributed by atoms with E-state index in [2.05, 4.69) is 28.2 Å². The van der Waals surface area contributed by atoms with E-state index in [4.69, 9.17) is 5.11 Å². The predicted octanol–water partition coefficient (Wildman–Crippen LogP) is 3.75. The van der Waals surface area contributed by atoms with Gasteiger partial charge in [-0.3, -0.25) is 0 Å². The van der Waals surface area contributed by atoms with E-state index in [9.17, 15) is 4.79 Å². The maximum Gasteiger partial charge on any atom is 0.337 e. The van der Waals surface area contributed by atoms with Crippen LogP contribution < -0.4 is 5.32 Å². The summed E-state index contributed by atoms with van der Waals surface area (Å²) in [7, 11) is 0. The predicted molar refractivity (Wildman–Crippen MR) is 71.5 cm³/mol. The summed E-state index contributed by atoms with van der Waals surface area (Å²) in [5, 5.41) is 12.4. The Hall–Kier alpha value is -1.03. The number of aromatic carboxylic acids is 1. The first kappa shape index (κ1) is 12.4. The molecule has 1 aromatic rings. The molecule has 1 aliphatic carbocycles. The monoisotopic (exact) mass is 297 g/mol. The number of carboxylic acids is 1. The van der Waals surface area contributed by atoms with Crippen LogP contribution in [-0.4, -0.2) is 17.1 Å². The fourth-order valence-electron chi connectivity index (χ4n) is 2.14. The molecule has 3 nitrogen and oxygen atoms in total. The Labute approximate surface area is 109 Å². The Kier molecular flexibility index (Phi) is 3.72. The molecule has 17 heavy (non-hydrogen) atoms. The van der Waals surface area contributed by atoms with Crippen molar-refractivity contribution < 1.29 is 9.90 Å². The quantitative estimate of drug-likeness (QED) is 0.870. The Morgan fingerprint density at radius 1 is 1.59 bits per heavy atom. The SMILES string of the molecule is CCCC1CC1Nc1cc(Br)ccc1C(=O)O. The molecule has 0 radical (unpaired) electrons. The van der Waals surface area contributed by atoms with Crippen molar-refractivity contribution in [1.82, 2.24) is 0 Å². The molecular formula is C13H16BrNO2. The van der Waals surface area contributed by atoms with Gasteiger partial charge in [0.1, 0.15) is 0 Å². The molecule has 1 fully saturated rings. The first-order valence-electron chi connectivity index (χ1n) is 5.91. The van der Waals surface area contributed by atoms with Crippen molar-refractivity contribution in [1.29, 1.82) is 0 Å². The van der Waals surface area contributed by atoms with Crippen LogP contribution in [0, 0.1) is 5.92 Å². The molecule has 2 atom stereocenters. The van der Waals surface area contributed by atoms with Crippen LogP contribution >= 0.6 is 15.9 Å². The van der Waals surface area contributed by atoms with Crippen molar-refractivity contribution in [3.8, 4) is 0 Å². The van der Waals surface area contributed by atoms with Gasteiger partial charge in [0.2, 0.25) is 0 Å². The molecule has 1 aliphatic rings. The van der Waals surface area contributed by atoms with Crippen LogP contribution in [0.5, 0.6) is 0 Å². The summed E-state index contributed by atoms with van der Waals surface area (Å²) in [4.78, 5) is 11.1. The smallest absolute Gasteiger partial charge is 0.337 e. The van der Waals surface area contributed by atoms with E-state index in [1.807, 2.05) is 6.07 Å². The first-order valence-corrected chi connectivity index (χ1v) is 6.70. The number of benzene rings is 1. The van der Waals surface area contributed by atoms with Crippen LogP contribution in [0.1, 0.15) is 36.5 Å². The number of nitrogens with one attached hydrogen (secondary N) is 1. The maximum atomic E-state index is 11.1. The fourth-order valence-corrected chi connectivity index (χ4v) is 2.50. The molecule has 0 spiro atoms. The Morgan fingerprint density at radius 2 is 2.35 bits per heavy atom. The molecule has 0 heterocycles. The Bertz CT molecular complexity index is 433. The van der Waals surface area contributed by atoms with Crippen molar-refractivity contribution in [2.75, 3.05) is 5.32 Å². The van der Waals surface area contributed by atoms with E-state index in [1.54, 1.807) is 12.1 Å². The van der Waals surface area contributed by atoms with Gasteiger partial charge in [-0.05, 0) is 37.0 Å². The molecule has 0 bridgehead atoms. The third kappa shape index (κ3) is 3.00. The lowest BCUT2D eigenvalue weighted by Gasteiger charge is -2.09. The van der Waals surface area contributed by atoms with Crippen molar-refractivity contribution in [3.63, 3.8) is 0 Å². The maximum absolute atomic E-state index is 11.1. The van der Waals surface area contributed by atoms with Crippen LogP contribution in [-0.2, 0) is 0 Å². The second-order valence-corrected chi connectivity index (χ2v) is 5.45. The summed E-state index contributed by atoms with van der Waals surface area (Å²) in [6.07, 6.45) is 3.56. The minimum Gasteiger partial charge on any atom is -0.478 e. The highest BCUT2D eigenvalue weighted by molar-refractivity contribution is 9.10. The van der Waals surface area contributed by atoms with Crippen molar-refractivity contribution in [2.24, 2.45) is 5.92 Å². The zero-order valence-corrected chi connectivity index (χ0v) is 11.3. The van der Waals surface area contributed by atoms with Crippen LogP contribution in [0.3, 0.4) is 0 Å². The molecule has 2 N–H and O–H groups in total. The van der Waals surface area contributed by atoms with Crippen LogP contribution in [0.25, 0.3) is 0 Å². The number of carbonyl (C=O) groups is 1. The lowest BCUT2D eigenvalue weighted by Crippen LogP contribution is -2.09. The van der Waals surface area contributed by atoms with Crippen molar-refractivity contribution in [3.05, 3.63) is 28.2 Å². The summed E-state index contributed by atoms with van der Waals surface area (Å²) in [5.74, 6) is -0.173. The minimum atomic E-state index is -0.882. The van der Waals surface area contributed by atoms with E-state index >= 15 is 0 Å². The Balaban J connectivity index is 2.10. The summed E-state index contributed by atoms with van der Waals surface area (Å²) in [6, 6.07) is 5.67. The summed E-state index contributed by atoms with van der Waals surface area (Å²) >= 11 is 3.37. The molecule has 0 saturated heterocycles. The van der Waals surface area contributed by atoms with Crippen molar-refractivity contribution in [2.45, 2.75) is 32.2 Å². The van der Waals surface area contributed by atoms with Crippen LogP contribution in [0.2, 0.25) is 0 Å². The molecule has 2 unspecified atom stereocenters. The average molecular weight is 298 g/mol. The molecule has 92 valence electrons. The molecule has 0 aromatic heterocycles. The second-order valence-electron chi connectivity index (χ2n) is 4.53. The number of hydrogen-bond donors (Lipinski definition) is 2. The standard InChI is InChI=1S/C13H16BrNO2/c1-2-3-8-6-11(8)15-12-7-9(14)4-5-10(12)13(16)17/h4-5,7-8,11,15H,2-3,6H2,1H3,(H,16,17). The van der Waals surface area contributed by atoms with Gasteiger partial charge in [-0.2, -0.15) is 0 Å². The van der Waals surface area contributed by atoms with Gasteiger partial charge in [0, 0.05) is 10.5 Å². The van der Waals surface area contributed by atoms with Gasteiger partial charge in [0.05, 0.1) is 11.3 Å². The Morgan fingerprint density at radius 3 is 3.00 bits per heavy atom. The number of carboxylic acid groups (broad SMARTS) is 1. The van der Waals surface area contributed by atoms with Gasteiger partial charge in [-0.1, -0.05) is 29.3 Å². The third-order valence-corrected chi connectivity index (χ3v) is 3.63. The molecule has 1 aromatic carbocycles. The van der Waals surface area contributed by atoms with Gasteiger partial charge in [-0.15, -0.1) is 0 Å². The highest BCUT2D eigenvalue weighted by Gasteiger charge is 2.36. The highest BCUT2D eigenvalue weighted by Crippen LogP contribution is 2.38. The normalized spacial score (nSPS) is 22.2. The lowest BCUT2D eigenvalue weighted by molar-refractivity contribution is 0.0698. The van der Waals surface area contributed by atoms with E-state index in [0.29, 0.717) is 17.5 Å². The van der Waals surface area contributed by atoms with Gasteiger partial charge in [0.25, 0.3) is 0 Å². The molecule has 0 aliphatic heterocycles. The third-order valence-electron chi connectivity index (χ3n) is 3.13. The molecular weight excluding hydrogens is 282 g/mol. The fraction of sp³-hybridized carbons (Fsp3) is 0.462. The van der Waals surface area contributed by atoms with Crippen LogP contribution in [0.4, 0.5) is 5.69 Å². The van der Waals surface area contributed by atoms with E-state index in [0.717, 1.165) is 16.6 Å². The number of hydrogen-bond acceptors (Lipinski definition) is 2. The summed E-state index contributed by atoms with van der Waals surface area (Å²) in [6.45, 7) is 2.18. The number of halogens is 1. The largest absolute Gasteiger partial charge is 0.478 e. The van der Waals surface area contributed by atoms with E-state index in [1.165, 1.54) is 12.8 Å². The highest BCUT2D eigenvalue weighted by atomic mass is 79.9. The first-order chi connectivity index (χ1) is 8.11. The van der Waals surface area contributed by atoms with Gasteiger partial charge < -0.3 is 10.4 Å². The average Bonchev–Trinajstić information content (AvgIpc) is 2.96. The summed E-state index contributed by atoms with van der Waals surface area (Å²) in [5.41, 5.74) is 1.06. The topological polar surface area (TPSA) is 49.3 Å². The van der Waals surface area contributed by atoms with Crippen molar-refractivity contribution >= 4 is 27.6 Å². The molecule has 1 saturated carbocycles. The van der Waals surface area contributed by atoms with E-state index in [-0.39, 0.29) is 0 Å². The lowest BCUT2D eigenvalue weighted by atomic mass is 10.1. The molecule has 2 rings (SSSR count). The minimum absolute atomic E-state index is 0.343. The number of rotatable bonds is 5. The zero-order chi connectivity index (χ0) is 12.4. The summed E-state index contributed by atoms with van der Waals surface area (Å²) < 4.78 is 0.901. The van der Waals surface area contributed by atoms with Gasteiger partial charge in [-0.25, -0.2) is 4.79 Å². The zero-order valence-electron chi connectivity index (χ0n) is 9.74. The molecule has 4 heteroatoms. The molecule has 0 amide bonds. The van der Waals surface area contributed by atoms with Gasteiger partial charge in [0.15, 0.2) is 0 Å². The number of anilines is 1. The van der Waals surface area contributed by atoms with E-state index < -0.39 is 5.97 Å².